The Morgan fingerprint density at radius 3 is 2.78 bits per heavy atom. The molecule has 1 aliphatic rings. The van der Waals surface area contributed by atoms with Crippen LogP contribution in [-0.2, 0) is 9.59 Å². The van der Waals surface area contributed by atoms with Crippen LogP contribution < -0.4 is 4.90 Å². The van der Waals surface area contributed by atoms with Gasteiger partial charge < -0.3 is 5.11 Å². The molecular weight excluding hydrogens is 398 g/mol. The highest BCUT2D eigenvalue weighted by Gasteiger charge is 2.43. The molecule has 3 rings (SSSR count). The van der Waals surface area contributed by atoms with Gasteiger partial charge in [-0.15, -0.1) is 0 Å². The summed E-state index contributed by atoms with van der Waals surface area (Å²) in [4.78, 5) is 51.6. The Labute approximate surface area is 161 Å². The van der Waals surface area contributed by atoms with Crippen molar-refractivity contribution in [1.82, 2.24) is 4.98 Å². The highest BCUT2D eigenvalue weighted by molar-refractivity contribution is 8.00. The third kappa shape index (κ3) is 3.62. The van der Waals surface area contributed by atoms with Crippen molar-refractivity contribution >= 4 is 52.5 Å². The summed E-state index contributed by atoms with van der Waals surface area (Å²) in [5.41, 5.74) is -0.750. The van der Waals surface area contributed by atoms with Crippen LogP contribution in [0.25, 0.3) is 0 Å². The van der Waals surface area contributed by atoms with Gasteiger partial charge in [-0.05, 0) is 24.3 Å². The number of imide groups is 1. The van der Waals surface area contributed by atoms with Crippen LogP contribution in [0.2, 0.25) is 5.02 Å². The molecule has 1 saturated heterocycles. The molecule has 0 spiro atoms. The number of thioether (sulfide) groups is 1. The standard InChI is InChI=1S/C16H10ClN3O6S/c17-8-3-4-10(11(6-8)20(25)26)19-13(21)7-12(15(19)22)27-14-9(16(23)24)2-1-5-18-14/h1-6,12H,7H2,(H,23,24)/t12-/m0/s1. The third-order valence-electron chi connectivity index (χ3n) is 3.74. The maximum atomic E-state index is 12.7. The molecule has 1 atom stereocenters. The number of carboxylic acid groups (broad SMARTS) is 1. The number of pyridine rings is 1. The molecule has 1 aromatic carbocycles. The molecule has 0 aliphatic carbocycles. The van der Waals surface area contributed by atoms with Gasteiger partial charge in [-0.3, -0.25) is 19.7 Å². The number of nitro benzene ring substituents is 1. The van der Waals surface area contributed by atoms with Crippen LogP contribution in [0.15, 0.2) is 41.6 Å². The number of carbonyl (C=O) groups excluding carboxylic acids is 2. The molecule has 27 heavy (non-hydrogen) atoms. The molecule has 9 nitrogen and oxygen atoms in total. The number of nitro groups is 1. The number of carboxylic acids is 1. The number of nitrogens with zero attached hydrogens (tertiary/aromatic N) is 3. The Morgan fingerprint density at radius 2 is 2.11 bits per heavy atom. The average Bonchev–Trinajstić information content (AvgIpc) is 2.89. The zero-order chi connectivity index (χ0) is 19.7. The minimum atomic E-state index is -1.22. The van der Waals surface area contributed by atoms with Crippen molar-refractivity contribution < 1.29 is 24.4 Å². The lowest BCUT2D eigenvalue weighted by Crippen LogP contribution is -2.31. The van der Waals surface area contributed by atoms with Crippen molar-refractivity contribution in [2.75, 3.05) is 4.90 Å². The van der Waals surface area contributed by atoms with Gasteiger partial charge >= 0.3 is 5.97 Å². The van der Waals surface area contributed by atoms with E-state index in [2.05, 4.69) is 4.98 Å². The van der Waals surface area contributed by atoms with E-state index >= 15 is 0 Å². The molecule has 1 aromatic heterocycles. The van der Waals surface area contributed by atoms with Gasteiger partial charge in [0.15, 0.2) is 0 Å². The number of halogens is 1. The van der Waals surface area contributed by atoms with E-state index in [0.717, 1.165) is 22.7 Å². The van der Waals surface area contributed by atoms with Gasteiger partial charge in [0.05, 0.1) is 15.7 Å². The first kappa shape index (κ1) is 18.8. The van der Waals surface area contributed by atoms with Crippen LogP contribution in [-0.4, -0.2) is 38.0 Å². The maximum absolute atomic E-state index is 12.7. The van der Waals surface area contributed by atoms with E-state index in [0.29, 0.717) is 0 Å². The van der Waals surface area contributed by atoms with Crippen molar-refractivity contribution in [3.63, 3.8) is 0 Å². The SMILES string of the molecule is O=C(O)c1cccnc1S[C@H]1CC(=O)N(c2ccc(Cl)cc2[N+](=O)[O-])C1=O. The van der Waals surface area contributed by atoms with Crippen LogP contribution >= 0.6 is 23.4 Å². The number of benzene rings is 1. The fourth-order valence-electron chi connectivity index (χ4n) is 2.56. The van der Waals surface area contributed by atoms with Crippen LogP contribution in [0, 0.1) is 10.1 Å². The lowest BCUT2D eigenvalue weighted by Gasteiger charge is -2.15. The molecule has 2 heterocycles. The Hall–Kier alpha value is -2.98. The van der Waals surface area contributed by atoms with Gasteiger partial charge in [0, 0.05) is 23.7 Å². The molecule has 2 amide bonds. The smallest absolute Gasteiger partial charge is 0.338 e. The fourth-order valence-corrected chi connectivity index (χ4v) is 3.84. The van der Waals surface area contributed by atoms with Gasteiger partial charge in [0.25, 0.3) is 5.69 Å². The summed E-state index contributed by atoms with van der Waals surface area (Å²) >= 11 is 6.60. The Bertz CT molecular complexity index is 982. The number of hydrogen-bond donors (Lipinski definition) is 1. The van der Waals surface area contributed by atoms with E-state index in [4.69, 9.17) is 11.6 Å². The van der Waals surface area contributed by atoms with Gasteiger partial charge in [-0.25, -0.2) is 14.7 Å². The van der Waals surface area contributed by atoms with E-state index < -0.39 is 33.6 Å². The third-order valence-corrected chi connectivity index (χ3v) is 5.17. The molecular formula is C16H10ClN3O6S. The quantitative estimate of drug-likeness (QED) is 0.454. The van der Waals surface area contributed by atoms with Crippen molar-refractivity contribution in [2.45, 2.75) is 16.7 Å². The lowest BCUT2D eigenvalue weighted by molar-refractivity contribution is -0.384. The molecule has 1 N–H and O–H groups in total. The summed E-state index contributed by atoms with van der Waals surface area (Å²) in [6, 6.07) is 6.40. The summed E-state index contributed by atoms with van der Waals surface area (Å²) in [6.45, 7) is 0. The number of hydrogen-bond acceptors (Lipinski definition) is 7. The van der Waals surface area contributed by atoms with E-state index in [1.165, 1.54) is 30.5 Å². The van der Waals surface area contributed by atoms with Crippen LogP contribution in [0.3, 0.4) is 0 Å². The van der Waals surface area contributed by atoms with E-state index in [9.17, 15) is 29.6 Å². The monoisotopic (exact) mass is 407 g/mol. The summed E-state index contributed by atoms with van der Waals surface area (Å²) in [6.07, 6.45) is 1.14. The minimum absolute atomic E-state index is 0.0867. The molecule has 1 fully saturated rings. The van der Waals surface area contributed by atoms with Gasteiger partial charge in [-0.1, -0.05) is 23.4 Å². The molecule has 138 valence electrons. The molecule has 11 heteroatoms. The molecule has 1 aliphatic heterocycles. The topological polar surface area (TPSA) is 131 Å². The molecule has 0 saturated carbocycles. The largest absolute Gasteiger partial charge is 0.478 e. The van der Waals surface area contributed by atoms with E-state index in [-0.39, 0.29) is 27.7 Å². The van der Waals surface area contributed by atoms with E-state index in [1.807, 2.05) is 0 Å². The molecule has 0 bridgehead atoms. The average molecular weight is 408 g/mol. The second kappa shape index (κ2) is 7.33. The van der Waals surface area contributed by atoms with Crippen molar-refractivity contribution in [3.8, 4) is 0 Å². The predicted octanol–water partition coefficient (Wildman–Crippen LogP) is 2.77. The Morgan fingerprint density at radius 1 is 1.37 bits per heavy atom. The predicted molar refractivity (Wildman–Crippen MR) is 96.1 cm³/mol. The fraction of sp³-hybridized carbons (Fsp3) is 0.125. The summed E-state index contributed by atoms with van der Waals surface area (Å²) < 4.78 is 0. The molecule has 0 unspecified atom stereocenters. The number of aromatic carboxylic acids is 1. The van der Waals surface area contributed by atoms with E-state index in [1.54, 1.807) is 0 Å². The Kier molecular flexibility index (Phi) is 5.10. The Balaban J connectivity index is 1.93. The van der Waals surface area contributed by atoms with Crippen LogP contribution in [0.4, 0.5) is 11.4 Å². The van der Waals surface area contributed by atoms with Crippen molar-refractivity contribution in [1.29, 1.82) is 0 Å². The first-order valence-electron chi connectivity index (χ1n) is 7.45. The lowest BCUT2D eigenvalue weighted by atomic mass is 10.2. The van der Waals surface area contributed by atoms with Crippen LogP contribution in [0.5, 0.6) is 0 Å². The highest BCUT2D eigenvalue weighted by atomic mass is 35.5. The second-order valence-corrected chi connectivity index (χ2v) is 7.06. The normalized spacial score (nSPS) is 16.6. The number of aromatic nitrogens is 1. The van der Waals surface area contributed by atoms with Crippen molar-refractivity contribution in [3.05, 3.63) is 57.2 Å². The first-order valence-corrected chi connectivity index (χ1v) is 8.71. The van der Waals surface area contributed by atoms with Crippen molar-refractivity contribution in [2.24, 2.45) is 0 Å². The summed E-state index contributed by atoms with van der Waals surface area (Å²) in [5, 5.41) is 19.7. The summed E-state index contributed by atoms with van der Waals surface area (Å²) in [5.74, 6) is -2.53. The molecule has 2 aromatic rings. The van der Waals surface area contributed by atoms with Gasteiger partial charge in [0.1, 0.15) is 10.7 Å². The number of carbonyl (C=O) groups is 3. The second-order valence-electron chi connectivity index (χ2n) is 5.43. The molecule has 0 radical (unpaired) electrons. The van der Waals surface area contributed by atoms with Gasteiger partial charge in [0.2, 0.25) is 11.8 Å². The zero-order valence-corrected chi connectivity index (χ0v) is 14.9. The number of amides is 2. The first-order chi connectivity index (χ1) is 12.8. The van der Waals surface area contributed by atoms with Crippen LogP contribution in [0.1, 0.15) is 16.8 Å². The highest BCUT2D eigenvalue weighted by Crippen LogP contribution is 2.38. The number of anilines is 1. The maximum Gasteiger partial charge on any atom is 0.338 e. The summed E-state index contributed by atoms with van der Waals surface area (Å²) in [7, 11) is 0. The number of rotatable bonds is 5. The van der Waals surface area contributed by atoms with Gasteiger partial charge in [-0.2, -0.15) is 0 Å². The minimum Gasteiger partial charge on any atom is -0.478 e. The zero-order valence-electron chi connectivity index (χ0n) is 13.4.